The predicted molar refractivity (Wildman–Crippen MR) is 78.1 cm³/mol. The molecule has 2 amide bonds. The molecule has 0 unspecified atom stereocenters. The van der Waals surface area contributed by atoms with Gasteiger partial charge in [0.05, 0.1) is 0 Å². The summed E-state index contributed by atoms with van der Waals surface area (Å²) < 4.78 is 12.9. The summed E-state index contributed by atoms with van der Waals surface area (Å²) in [6.07, 6.45) is 1.72. The van der Waals surface area contributed by atoms with E-state index in [9.17, 15) is 9.18 Å². The minimum absolute atomic E-state index is 0.0649. The molecule has 0 aliphatic carbocycles. The van der Waals surface area contributed by atoms with Crippen molar-refractivity contribution < 1.29 is 9.18 Å². The van der Waals surface area contributed by atoms with E-state index in [0.29, 0.717) is 13.1 Å². The number of piperazine rings is 1. The Bertz CT molecular complexity index is 486. The number of hydrogen-bond acceptors (Lipinski definition) is 2. The molecule has 0 bridgehead atoms. The summed E-state index contributed by atoms with van der Waals surface area (Å²) in [5, 5.41) is 2.77. The van der Waals surface area contributed by atoms with Gasteiger partial charge in [0, 0.05) is 38.1 Å². The number of halogens is 1. The molecule has 1 aliphatic rings. The van der Waals surface area contributed by atoms with Crippen LogP contribution in [0.4, 0.5) is 14.9 Å². The molecule has 0 saturated carbocycles. The zero-order valence-corrected chi connectivity index (χ0v) is 11.9. The van der Waals surface area contributed by atoms with Crippen LogP contribution in [0.3, 0.4) is 0 Å². The summed E-state index contributed by atoms with van der Waals surface area (Å²) in [4.78, 5) is 15.8. The van der Waals surface area contributed by atoms with Crippen molar-refractivity contribution in [3.8, 4) is 0 Å². The number of carbonyl (C=O) groups is 1. The number of hydrogen-bond donors (Lipinski definition) is 1. The molecular weight excluding hydrogens is 257 g/mol. The summed E-state index contributed by atoms with van der Waals surface area (Å²) in [7, 11) is 0. The van der Waals surface area contributed by atoms with Crippen LogP contribution in [0.5, 0.6) is 0 Å². The second kappa shape index (κ2) is 6.41. The molecule has 0 spiro atoms. The third-order valence-corrected chi connectivity index (χ3v) is 3.24. The van der Waals surface area contributed by atoms with Gasteiger partial charge in [0.1, 0.15) is 5.82 Å². The Balaban J connectivity index is 1.87. The molecule has 1 aliphatic heterocycles. The normalized spacial score (nSPS) is 14.9. The zero-order valence-electron chi connectivity index (χ0n) is 11.9. The molecule has 20 heavy (non-hydrogen) atoms. The lowest BCUT2D eigenvalue weighted by Gasteiger charge is -2.35. The van der Waals surface area contributed by atoms with Crippen LogP contribution in [-0.2, 0) is 0 Å². The van der Waals surface area contributed by atoms with Gasteiger partial charge in [-0.2, -0.15) is 0 Å². The van der Waals surface area contributed by atoms with Gasteiger partial charge in [-0.25, -0.2) is 9.18 Å². The van der Waals surface area contributed by atoms with Crippen LogP contribution in [0.25, 0.3) is 0 Å². The molecule has 1 saturated heterocycles. The number of benzene rings is 1. The molecule has 108 valence electrons. The van der Waals surface area contributed by atoms with E-state index < -0.39 is 0 Å². The molecule has 5 heteroatoms. The highest BCUT2D eigenvalue weighted by atomic mass is 19.1. The Morgan fingerprint density at radius 2 is 1.75 bits per heavy atom. The van der Waals surface area contributed by atoms with E-state index in [0.717, 1.165) is 24.4 Å². The van der Waals surface area contributed by atoms with Gasteiger partial charge in [-0.1, -0.05) is 5.57 Å². The van der Waals surface area contributed by atoms with Crippen molar-refractivity contribution in [3.05, 3.63) is 41.9 Å². The summed E-state index contributed by atoms with van der Waals surface area (Å²) in [6, 6.07) is 6.40. The van der Waals surface area contributed by atoms with Crippen molar-refractivity contribution in [3.63, 3.8) is 0 Å². The second-order valence-corrected chi connectivity index (χ2v) is 5.12. The topological polar surface area (TPSA) is 35.6 Å². The van der Waals surface area contributed by atoms with Crippen molar-refractivity contribution in [1.82, 2.24) is 10.2 Å². The lowest BCUT2D eigenvalue weighted by molar-refractivity contribution is 0.198. The van der Waals surface area contributed by atoms with Gasteiger partial charge in [0.25, 0.3) is 0 Å². The zero-order chi connectivity index (χ0) is 14.5. The molecule has 1 N–H and O–H groups in total. The van der Waals surface area contributed by atoms with Crippen LogP contribution in [0.15, 0.2) is 36.0 Å². The van der Waals surface area contributed by atoms with E-state index in [-0.39, 0.29) is 11.8 Å². The Labute approximate surface area is 118 Å². The van der Waals surface area contributed by atoms with E-state index in [2.05, 4.69) is 10.2 Å². The summed E-state index contributed by atoms with van der Waals surface area (Å²) in [5.74, 6) is -0.228. The van der Waals surface area contributed by atoms with Crippen molar-refractivity contribution >= 4 is 11.7 Å². The van der Waals surface area contributed by atoms with Crippen LogP contribution in [0.1, 0.15) is 13.8 Å². The maximum Gasteiger partial charge on any atom is 0.321 e. The molecule has 1 aromatic rings. The highest BCUT2D eigenvalue weighted by molar-refractivity contribution is 5.75. The molecule has 2 rings (SSSR count). The number of carbonyl (C=O) groups excluding carboxylic acids is 1. The monoisotopic (exact) mass is 277 g/mol. The third-order valence-electron chi connectivity index (χ3n) is 3.24. The lowest BCUT2D eigenvalue weighted by atomic mass is 10.2. The van der Waals surface area contributed by atoms with E-state index in [1.807, 2.05) is 13.8 Å². The quantitative estimate of drug-likeness (QED) is 0.902. The molecule has 0 atom stereocenters. The Morgan fingerprint density at radius 1 is 1.15 bits per heavy atom. The SMILES string of the molecule is CC(C)=CNC(=O)N1CCN(c2ccc(F)cc2)CC1. The number of urea groups is 1. The van der Waals surface area contributed by atoms with Crippen LogP contribution >= 0.6 is 0 Å². The third kappa shape index (κ3) is 3.73. The lowest BCUT2D eigenvalue weighted by Crippen LogP contribution is -2.51. The molecule has 0 aromatic heterocycles. The molecular formula is C15H20FN3O. The number of nitrogens with one attached hydrogen (secondary N) is 1. The smallest absolute Gasteiger partial charge is 0.321 e. The average Bonchev–Trinajstić information content (AvgIpc) is 2.46. The molecule has 1 fully saturated rings. The minimum atomic E-state index is -0.228. The van der Waals surface area contributed by atoms with Crippen molar-refractivity contribution in [2.45, 2.75) is 13.8 Å². The van der Waals surface area contributed by atoms with E-state index >= 15 is 0 Å². The van der Waals surface area contributed by atoms with Crippen LogP contribution < -0.4 is 10.2 Å². The number of nitrogens with zero attached hydrogens (tertiary/aromatic N) is 2. The van der Waals surface area contributed by atoms with E-state index in [1.165, 1.54) is 12.1 Å². The molecule has 0 radical (unpaired) electrons. The van der Waals surface area contributed by atoms with E-state index in [1.54, 1.807) is 23.2 Å². The highest BCUT2D eigenvalue weighted by Gasteiger charge is 2.20. The van der Waals surface area contributed by atoms with Crippen LogP contribution in [0.2, 0.25) is 0 Å². The van der Waals surface area contributed by atoms with E-state index in [4.69, 9.17) is 0 Å². The molecule has 4 nitrogen and oxygen atoms in total. The number of amides is 2. The first-order valence-electron chi connectivity index (χ1n) is 6.75. The first-order valence-corrected chi connectivity index (χ1v) is 6.75. The van der Waals surface area contributed by atoms with Gasteiger partial charge in [-0.15, -0.1) is 0 Å². The number of anilines is 1. The number of allylic oxidation sites excluding steroid dienone is 1. The fourth-order valence-corrected chi connectivity index (χ4v) is 2.12. The van der Waals surface area contributed by atoms with Crippen LogP contribution in [0, 0.1) is 5.82 Å². The molecule has 1 heterocycles. The first-order chi connectivity index (χ1) is 9.56. The average molecular weight is 277 g/mol. The summed E-state index contributed by atoms with van der Waals surface area (Å²) in [6.45, 7) is 6.72. The van der Waals surface area contributed by atoms with Crippen LogP contribution in [-0.4, -0.2) is 37.1 Å². The Morgan fingerprint density at radius 3 is 2.30 bits per heavy atom. The van der Waals surface area contributed by atoms with Crippen molar-refractivity contribution in [2.24, 2.45) is 0 Å². The van der Waals surface area contributed by atoms with Crippen molar-refractivity contribution in [1.29, 1.82) is 0 Å². The predicted octanol–water partition coefficient (Wildman–Crippen LogP) is 2.58. The van der Waals surface area contributed by atoms with Gasteiger partial charge >= 0.3 is 6.03 Å². The fraction of sp³-hybridized carbons (Fsp3) is 0.400. The fourth-order valence-electron chi connectivity index (χ4n) is 2.12. The Kier molecular flexibility index (Phi) is 4.61. The standard InChI is InChI=1S/C15H20FN3O/c1-12(2)11-17-15(20)19-9-7-18(8-10-19)14-5-3-13(16)4-6-14/h3-6,11H,7-10H2,1-2H3,(H,17,20). The largest absolute Gasteiger partial charge is 0.368 e. The van der Waals surface area contributed by atoms with Gasteiger partial charge < -0.3 is 15.1 Å². The highest BCUT2D eigenvalue weighted by Crippen LogP contribution is 2.16. The number of rotatable bonds is 2. The maximum absolute atomic E-state index is 12.9. The van der Waals surface area contributed by atoms with Crippen molar-refractivity contribution in [2.75, 3.05) is 31.1 Å². The minimum Gasteiger partial charge on any atom is -0.368 e. The second-order valence-electron chi connectivity index (χ2n) is 5.12. The maximum atomic E-state index is 12.9. The summed E-state index contributed by atoms with van der Waals surface area (Å²) in [5.41, 5.74) is 2.05. The Hall–Kier alpha value is -2.04. The van der Waals surface area contributed by atoms with Gasteiger partial charge in [0.2, 0.25) is 0 Å². The van der Waals surface area contributed by atoms with Gasteiger partial charge in [-0.05, 0) is 38.1 Å². The van der Waals surface area contributed by atoms with Gasteiger partial charge in [0.15, 0.2) is 0 Å². The molecule has 1 aromatic carbocycles. The summed E-state index contributed by atoms with van der Waals surface area (Å²) >= 11 is 0. The van der Waals surface area contributed by atoms with Gasteiger partial charge in [-0.3, -0.25) is 0 Å². The first kappa shape index (κ1) is 14.4.